The lowest BCUT2D eigenvalue weighted by molar-refractivity contribution is 0.0527. The molecule has 2 aromatic carbocycles. The van der Waals surface area contributed by atoms with Crippen molar-refractivity contribution in [2.24, 2.45) is 0 Å². The molecule has 0 spiro atoms. The Morgan fingerprint density at radius 1 is 1.19 bits per heavy atom. The zero-order valence-corrected chi connectivity index (χ0v) is 12.8. The van der Waals surface area contributed by atoms with Gasteiger partial charge in [-0.1, -0.05) is 23.7 Å². The second-order valence-corrected chi connectivity index (χ2v) is 5.97. The number of halogens is 1. The molecule has 0 aliphatic rings. The molecule has 0 fully saturated rings. The first-order valence-corrected chi connectivity index (χ1v) is 7.63. The van der Waals surface area contributed by atoms with Crippen LogP contribution in [-0.4, -0.2) is 12.6 Å². The highest BCUT2D eigenvalue weighted by atomic mass is 35.5. The second-order valence-electron chi connectivity index (χ2n) is 4.48. The predicted octanol–water partition coefficient (Wildman–Crippen LogP) is 4.24. The van der Waals surface area contributed by atoms with Crippen LogP contribution in [0.15, 0.2) is 41.2 Å². The van der Waals surface area contributed by atoms with Gasteiger partial charge in [0.05, 0.1) is 17.2 Å². The molecular formula is C16H11ClO3S. The number of benzene rings is 2. The zero-order valence-electron chi connectivity index (χ0n) is 11.2. The highest BCUT2D eigenvalue weighted by Gasteiger charge is 2.15. The molecule has 0 atom stereocenters. The maximum absolute atomic E-state index is 12.5. The van der Waals surface area contributed by atoms with Gasteiger partial charge in [0, 0.05) is 20.2 Å². The van der Waals surface area contributed by atoms with Crippen LogP contribution in [0.25, 0.3) is 20.2 Å². The van der Waals surface area contributed by atoms with Gasteiger partial charge in [-0.25, -0.2) is 4.79 Å². The topological polar surface area (TPSA) is 43.4 Å². The van der Waals surface area contributed by atoms with Gasteiger partial charge in [-0.3, -0.25) is 4.79 Å². The summed E-state index contributed by atoms with van der Waals surface area (Å²) in [5.41, 5.74) is 0.132. The fourth-order valence-corrected chi connectivity index (χ4v) is 3.59. The number of esters is 1. The summed E-state index contributed by atoms with van der Waals surface area (Å²) >= 11 is 7.62. The van der Waals surface area contributed by atoms with Crippen LogP contribution in [0.2, 0.25) is 5.02 Å². The van der Waals surface area contributed by atoms with E-state index in [1.807, 2.05) is 18.2 Å². The van der Waals surface area contributed by atoms with Gasteiger partial charge in [-0.05, 0) is 31.2 Å². The van der Waals surface area contributed by atoms with E-state index in [0.29, 0.717) is 15.8 Å². The van der Waals surface area contributed by atoms with Crippen molar-refractivity contribution in [1.82, 2.24) is 0 Å². The largest absolute Gasteiger partial charge is 0.462 e. The number of carbonyl (C=O) groups excluding carboxylic acids is 1. The lowest BCUT2D eigenvalue weighted by Gasteiger charge is -2.06. The van der Waals surface area contributed by atoms with E-state index in [2.05, 4.69) is 0 Å². The van der Waals surface area contributed by atoms with E-state index in [4.69, 9.17) is 16.3 Å². The van der Waals surface area contributed by atoms with Gasteiger partial charge >= 0.3 is 5.97 Å². The molecule has 0 unspecified atom stereocenters. The number of ether oxygens (including phenoxy) is 1. The summed E-state index contributed by atoms with van der Waals surface area (Å²) in [4.78, 5) is 24.4. The minimum absolute atomic E-state index is 0.0958. The summed E-state index contributed by atoms with van der Waals surface area (Å²) in [6.07, 6.45) is 0. The fraction of sp³-hybridized carbons (Fsp3) is 0.125. The molecule has 0 aliphatic carbocycles. The normalized spacial score (nSPS) is 11.0. The number of hydrogen-bond acceptors (Lipinski definition) is 4. The molecule has 1 aromatic heterocycles. The van der Waals surface area contributed by atoms with E-state index < -0.39 is 5.97 Å². The van der Waals surface area contributed by atoms with E-state index in [9.17, 15) is 9.59 Å². The fourth-order valence-electron chi connectivity index (χ4n) is 2.19. The average molecular weight is 319 g/mol. The molecule has 3 rings (SSSR count). The van der Waals surface area contributed by atoms with Crippen LogP contribution in [0.1, 0.15) is 17.3 Å². The monoisotopic (exact) mass is 318 g/mol. The smallest absolute Gasteiger partial charge is 0.339 e. The molecule has 0 N–H and O–H groups in total. The summed E-state index contributed by atoms with van der Waals surface area (Å²) in [5.74, 6) is -0.512. The van der Waals surface area contributed by atoms with Crippen molar-refractivity contribution in [3.63, 3.8) is 0 Å². The summed E-state index contributed by atoms with van der Waals surface area (Å²) in [5, 5.41) is 1.44. The molecule has 1 heterocycles. The Morgan fingerprint density at radius 3 is 2.71 bits per heavy atom. The van der Waals surface area contributed by atoms with Crippen LogP contribution in [0.5, 0.6) is 0 Å². The molecule has 0 amide bonds. The van der Waals surface area contributed by atoms with Crippen molar-refractivity contribution in [2.75, 3.05) is 6.61 Å². The third-order valence-corrected chi connectivity index (χ3v) is 4.61. The predicted molar refractivity (Wildman–Crippen MR) is 86.6 cm³/mol. The van der Waals surface area contributed by atoms with E-state index in [1.54, 1.807) is 19.1 Å². The van der Waals surface area contributed by atoms with E-state index in [1.165, 1.54) is 17.4 Å². The maximum Gasteiger partial charge on any atom is 0.339 e. The van der Waals surface area contributed by atoms with Gasteiger partial charge < -0.3 is 4.74 Å². The highest BCUT2D eigenvalue weighted by molar-refractivity contribution is 7.24. The van der Waals surface area contributed by atoms with E-state index >= 15 is 0 Å². The number of hydrogen-bond donors (Lipinski definition) is 0. The van der Waals surface area contributed by atoms with Crippen LogP contribution in [0.3, 0.4) is 0 Å². The Morgan fingerprint density at radius 2 is 1.95 bits per heavy atom. The summed E-state index contributed by atoms with van der Waals surface area (Å²) in [6, 6.07) is 10.6. The molecule has 5 heteroatoms. The molecule has 21 heavy (non-hydrogen) atoms. The Kier molecular flexibility index (Phi) is 3.66. The van der Waals surface area contributed by atoms with Crippen molar-refractivity contribution >= 4 is 49.1 Å². The van der Waals surface area contributed by atoms with Crippen LogP contribution in [-0.2, 0) is 4.74 Å². The summed E-state index contributed by atoms with van der Waals surface area (Å²) < 4.78 is 6.62. The molecular weight excluding hydrogens is 308 g/mol. The number of rotatable bonds is 2. The summed E-state index contributed by atoms with van der Waals surface area (Å²) in [6.45, 7) is 1.99. The van der Waals surface area contributed by atoms with Crippen LogP contribution >= 0.6 is 22.9 Å². The van der Waals surface area contributed by atoms with Crippen molar-refractivity contribution in [2.45, 2.75) is 6.92 Å². The molecule has 0 radical (unpaired) electrons. The van der Waals surface area contributed by atoms with Gasteiger partial charge in [-0.15, -0.1) is 11.3 Å². The first kappa shape index (κ1) is 14.0. The van der Waals surface area contributed by atoms with Gasteiger partial charge in [0.1, 0.15) is 0 Å². The zero-order chi connectivity index (χ0) is 15.0. The van der Waals surface area contributed by atoms with Crippen molar-refractivity contribution < 1.29 is 9.53 Å². The Balaban J connectivity index is 2.35. The molecule has 0 saturated heterocycles. The molecule has 3 nitrogen and oxygen atoms in total. The SMILES string of the molecule is CCOC(=O)c1cc2c(=O)c3ccccc3sc2cc1Cl. The van der Waals surface area contributed by atoms with E-state index in [0.717, 1.165) is 9.40 Å². The first-order valence-electron chi connectivity index (χ1n) is 6.44. The van der Waals surface area contributed by atoms with Crippen molar-refractivity contribution in [3.8, 4) is 0 Å². The quantitative estimate of drug-likeness (QED) is 0.524. The van der Waals surface area contributed by atoms with Gasteiger partial charge in [0.2, 0.25) is 0 Å². The van der Waals surface area contributed by atoms with Gasteiger partial charge in [-0.2, -0.15) is 0 Å². The standard InChI is InChI=1S/C16H11ClO3S/c1-2-20-16(19)10-7-11-14(8-12(10)17)21-13-6-4-3-5-9(13)15(11)18/h3-8H,2H2,1H3. The van der Waals surface area contributed by atoms with Crippen LogP contribution in [0.4, 0.5) is 0 Å². The van der Waals surface area contributed by atoms with Crippen molar-refractivity contribution in [1.29, 1.82) is 0 Å². The minimum Gasteiger partial charge on any atom is -0.462 e. The Bertz CT molecular complexity index is 914. The molecule has 106 valence electrons. The second kappa shape index (κ2) is 5.47. The van der Waals surface area contributed by atoms with E-state index in [-0.39, 0.29) is 17.6 Å². The number of carbonyl (C=O) groups is 1. The van der Waals surface area contributed by atoms with Crippen molar-refractivity contribution in [3.05, 3.63) is 57.2 Å². The molecule has 0 bridgehead atoms. The molecule has 3 aromatic rings. The van der Waals surface area contributed by atoms with Gasteiger partial charge in [0.25, 0.3) is 0 Å². The van der Waals surface area contributed by atoms with Crippen LogP contribution in [0, 0.1) is 0 Å². The summed E-state index contributed by atoms with van der Waals surface area (Å²) in [7, 11) is 0. The lowest BCUT2D eigenvalue weighted by atomic mass is 10.1. The third-order valence-electron chi connectivity index (χ3n) is 3.16. The number of fused-ring (bicyclic) bond motifs is 2. The average Bonchev–Trinajstić information content (AvgIpc) is 2.47. The molecule has 0 saturated carbocycles. The molecule has 0 aliphatic heterocycles. The third kappa shape index (κ3) is 2.41. The maximum atomic E-state index is 12.5. The Hall–Kier alpha value is -1.91. The van der Waals surface area contributed by atoms with Crippen LogP contribution < -0.4 is 5.43 Å². The lowest BCUT2D eigenvalue weighted by Crippen LogP contribution is -2.08. The first-order chi connectivity index (χ1) is 10.1. The Labute approximate surface area is 129 Å². The minimum atomic E-state index is -0.512. The van der Waals surface area contributed by atoms with Gasteiger partial charge in [0.15, 0.2) is 5.43 Å². The highest BCUT2D eigenvalue weighted by Crippen LogP contribution is 2.29.